The summed E-state index contributed by atoms with van der Waals surface area (Å²) in [7, 11) is 0. The maximum absolute atomic E-state index is 13.0. The van der Waals surface area contributed by atoms with Crippen LogP contribution in [-0.4, -0.2) is 15.9 Å². The van der Waals surface area contributed by atoms with E-state index in [4.69, 9.17) is 0 Å². The van der Waals surface area contributed by atoms with Crippen LogP contribution in [0.2, 0.25) is 0 Å². The van der Waals surface area contributed by atoms with Crippen LogP contribution >= 0.6 is 27.7 Å². The fraction of sp³-hybridized carbons (Fsp3) is 0.150. The number of nitrogens with one attached hydrogen (secondary N) is 2. The number of thioether (sulfide) groups is 1. The van der Waals surface area contributed by atoms with Gasteiger partial charge < -0.3 is 10.3 Å². The molecule has 1 aromatic heterocycles. The molecule has 8 heteroatoms. The van der Waals surface area contributed by atoms with E-state index in [-0.39, 0.29) is 29.6 Å². The van der Waals surface area contributed by atoms with E-state index in [0.29, 0.717) is 22.3 Å². The van der Waals surface area contributed by atoms with Gasteiger partial charge in [0.25, 0.3) is 5.56 Å². The van der Waals surface area contributed by atoms with E-state index in [9.17, 15) is 14.0 Å². The van der Waals surface area contributed by atoms with E-state index in [1.165, 1.54) is 23.9 Å². The highest BCUT2D eigenvalue weighted by Gasteiger charge is 2.31. The number of carbonyl (C=O) groups excluding carboxylic acids is 1. The number of anilines is 1. The summed E-state index contributed by atoms with van der Waals surface area (Å²) in [6.07, 6.45) is 0.191. The second-order valence-electron chi connectivity index (χ2n) is 6.41. The second kappa shape index (κ2) is 7.89. The van der Waals surface area contributed by atoms with E-state index < -0.39 is 0 Å². The molecule has 28 heavy (non-hydrogen) atoms. The van der Waals surface area contributed by atoms with Gasteiger partial charge in [0.05, 0.1) is 5.56 Å². The van der Waals surface area contributed by atoms with Crippen LogP contribution < -0.4 is 10.9 Å². The van der Waals surface area contributed by atoms with Crippen LogP contribution in [0, 0.1) is 5.82 Å². The van der Waals surface area contributed by atoms with Crippen molar-refractivity contribution in [3.8, 4) is 0 Å². The van der Waals surface area contributed by atoms with Gasteiger partial charge in [-0.25, -0.2) is 9.37 Å². The Morgan fingerprint density at radius 3 is 2.71 bits per heavy atom. The van der Waals surface area contributed by atoms with Crippen molar-refractivity contribution in [1.29, 1.82) is 0 Å². The first-order chi connectivity index (χ1) is 13.5. The predicted octanol–water partition coefficient (Wildman–Crippen LogP) is 4.44. The van der Waals surface area contributed by atoms with Gasteiger partial charge in [0, 0.05) is 22.6 Å². The molecule has 5 nitrogen and oxygen atoms in total. The summed E-state index contributed by atoms with van der Waals surface area (Å²) in [4.78, 5) is 32.3. The second-order valence-corrected chi connectivity index (χ2v) is 8.29. The number of fused-ring (bicyclic) bond motifs is 1. The molecule has 142 valence electrons. The molecule has 0 aliphatic carbocycles. The third kappa shape index (κ3) is 4.02. The predicted molar refractivity (Wildman–Crippen MR) is 110 cm³/mol. The van der Waals surface area contributed by atoms with Crippen LogP contribution in [0.5, 0.6) is 0 Å². The molecular weight excluding hydrogens is 445 g/mol. The molecule has 0 fully saturated rings. The van der Waals surface area contributed by atoms with Gasteiger partial charge in [0.1, 0.15) is 11.6 Å². The number of rotatable bonds is 4. The number of nitrogens with zero attached hydrogens (tertiary/aromatic N) is 1. The number of aromatic nitrogens is 2. The standard InChI is InChI=1S/C20H15BrFN3O2S/c21-13-3-1-2-12(8-13)15-9-16(26)23-18-17(15)19(27)25-20(24-18)28-10-11-4-6-14(22)7-5-11/h1-8,15H,9-10H2,(H2,23,24,25,26,27). The van der Waals surface area contributed by atoms with E-state index in [1.807, 2.05) is 24.3 Å². The Morgan fingerprint density at radius 2 is 1.96 bits per heavy atom. The quantitative estimate of drug-likeness (QED) is 0.446. The average molecular weight is 460 g/mol. The minimum atomic E-state index is -0.353. The van der Waals surface area contributed by atoms with Crippen LogP contribution in [-0.2, 0) is 10.5 Å². The van der Waals surface area contributed by atoms with E-state index in [1.54, 1.807) is 12.1 Å². The van der Waals surface area contributed by atoms with Crippen LogP contribution in [0.15, 0.2) is 63.0 Å². The lowest BCUT2D eigenvalue weighted by molar-refractivity contribution is -0.116. The smallest absolute Gasteiger partial charge is 0.257 e. The highest BCUT2D eigenvalue weighted by Crippen LogP contribution is 2.35. The van der Waals surface area contributed by atoms with E-state index >= 15 is 0 Å². The molecule has 0 radical (unpaired) electrons. The first-order valence-electron chi connectivity index (χ1n) is 8.56. The van der Waals surface area contributed by atoms with Crippen molar-refractivity contribution < 1.29 is 9.18 Å². The van der Waals surface area contributed by atoms with Crippen LogP contribution in [0.1, 0.15) is 29.0 Å². The molecule has 1 atom stereocenters. The summed E-state index contributed by atoms with van der Waals surface area (Å²) in [6.45, 7) is 0. The molecule has 0 bridgehead atoms. The zero-order valence-corrected chi connectivity index (χ0v) is 16.9. The molecule has 0 spiro atoms. The van der Waals surface area contributed by atoms with Crippen LogP contribution in [0.3, 0.4) is 0 Å². The number of carbonyl (C=O) groups is 1. The molecule has 1 aliphatic rings. The number of aromatic amines is 1. The maximum atomic E-state index is 13.0. The Hall–Kier alpha value is -2.45. The van der Waals surface area contributed by atoms with Crippen molar-refractivity contribution in [2.45, 2.75) is 23.2 Å². The Bertz CT molecular complexity index is 1100. The fourth-order valence-corrected chi connectivity index (χ4v) is 4.39. The summed E-state index contributed by atoms with van der Waals surface area (Å²) in [5.74, 6) is -0.00831. The van der Waals surface area contributed by atoms with Crippen molar-refractivity contribution in [3.63, 3.8) is 0 Å². The van der Waals surface area contributed by atoms with Crippen molar-refractivity contribution >= 4 is 39.4 Å². The highest BCUT2D eigenvalue weighted by atomic mass is 79.9. The minimum Gasteiger partial charge on any atom is -0.310 e. The molecule has 0 saturated carbocycles. The van der Waals surface area contributed by atoms with Gasteiger partial charge in [0.2, 0.25) is 5.91 Å². The van der Waals surface area contributed by atoms with Crippen LogP contribution in [0.4, 0.5) is 10.2 Å². The van der Waals surface area contributed by atoms with E-state index in [0.717, 1.165) is 15.6 Å². The minimum absolute atomic E-state index is 0.176. The molecule has 2 heterocycles. The highest BCUT2D eigenvalue weighted by molar-refractivity contribution is 9.10. The number of H-pyrrole nitrogens is 1. The molecule has 3 aromatic rings. The number of hydrogen-bond donors (Lipinski definition) is 2. The van der Waals surface area contributed by atoms with E-state index in [2.05, 4.69) is 31.2 Å². The summed E-state index contributed by atoms with van der Waals surface area (Å²) in [6, 6.07) is 13.7. The zero-order chi connectivity index (χ0) is 19.7. The lowest BCUT2D eigenvalue weighted by Gasteiger charge is -2.24. The molecule has 1 aliphatic heterocycles. The van der Waals surface area contributed by atoms with Crippen molar-refractivity contribution in [2.75, 3.05) is 5.32 Å². The van der Waals surface area contributed by atoms with Crippen molar-refractivity contribution in [1.82, 2.24) is 9.97 Å². The average Bonchev–Trinajstić information content (AvgIpc) is 2.66. The summed E-state index contributed by atoms with van der Waals surface area (Å²) < 4.78 is 13.9. The molecule has 4 rings (SSSR count). The van der Waals surface area contributed by atoms with Gasteiger partial charge in [-0.15, -0.1) is 0 Å². The number of benzene rings is 2. The fourth-order valence-electron chi connectivity index (χ4n) is 3.16. The van der Waals surface area contributed by atoms with Gasteiger partial charge in [0.15, 0.2) is 5.16 Å². The zero-order valence-electron chi connectivity index (χ0n) is 14.5. The van der Waals surface area contributed by atoms with Gasteiger partial charge in [-0.05, 0) is 35.4 Å². The first kappa shape index (κ1) is 18.9. The summed E-state index contributed by atoms with van der Waals surface area (Å²) in [5.41, 5.74) is 1.98. The van der Waals surface area contributed by atoms with Gasteiger partial charge in [-0.2, -0.15) is 0 Å². The van der Waals surface area contributed by atoms with Gasteiger partial charge in [-0.3, -0.25) is 9.59 Å². The first-order valence-corrected chi connectivity index (χ1v) is 10.3. The summed E-state index contributed by atoms with van der Waals surface area (Å²) >= 11 is 4.75. The molecule has 2 aromatic carbocycles. The van der Waals surface area contributed by atoms with Crippen molar-refractivity contribution in [2.24, 2.45) is 0 Å². The Morgan fingerprint density at radius 1 is 1.18 bits per heavy atom. The SMILES string of the molecule is O=C1CC(c2cccc(Br)c2)c2c(nc(SCc3ccc(F)cc3)[nH]c2=O)N1. The molecule has 2 N–H and O–H groups in total. The number of hydrogen-bond acceptors (Lipinski definition) is 4. The normalized spacial score (nSPS) is 15.8. The molecule has 1 unspecified atom stereocenters. The number of halogens is 2. The topological polar surface area (TPSA) is 74.8 Å². The monoisotopic (exact) mass is 459 g/mol. The third-order valence-corrected chi connectivity index (χ3v) is 5.91. The lowest BCUT2D eigenvalue weighted by Crippen LogP contribution is -2.31. The Kier molecular flexibility index (Phi) is 5.32. The largest absolute Gasteiger partial charge is 0.310 e. The molecule has 1 amide bonds. The third-order valence-electron chi connectivity index (χ3n) is 4.47. The maximum Gasteiger partial charge on any atom is 0.257 e. The molecular formula is C20H15BrFN3O2S. The Labute approximate surface area is 172 Å². The van der Waals surface area contributed by atoms with Gasteiger partial charge in [-0.1, -0.05) is 52.0 Å². The number of amides is 1. The Balaban J connectivity index is 1.65. The van der Waals surface area contributed by atoms with Gasteiger partial charge >= 0.3 is 0 Å². The summed E-state index contributed by atoms with van der Waals surface area (Å²) in [5, 5.41) is 3.12. The molecule has 0 saturated heterocycles. The lowest BCUT2D eigenvalue weighted by atomic mass is 9.87. The van der Waals surface area contributed by atoms with Crippen molar-refractivity contribution in [3.05, 3.63) is 85.9 Å². The van der Waals surface area contributed by atoms with Crippen LogP contribution in [0.25, 0.3) is 0 Å².